The van der Waals surface area contributed by atoms with Gasteiger partial charge in [0.1, 0.15) is 5.82 Å². The quantitative estimate of drug-likeness (QED) is 0.669. The third kappa shape index (κ3) is 2.29. The molecule has 1 aromatic heterocycles. The van der Waals surface area contributed by atoms with Gasteiger partial charge in [-0.25, -0.2) is 0 Å². The average molecular weight is 304 g/mol. The molecule has 1 saturated heterocycles. The number of nitrogens with one attached hydrogen (secondary N) is 1. The van der Waals surface area contributed by atoms with Gasteiger partial charge in [-0.05, 0) is 26.7 Å². The molecule has 3 heterocycles. The van der Waals surface area contributed by atoms with Crippen molar-refractivity contribution in [3.63, 3.8) is 0 Å². The molecule has 1 N–H and O–H groups in total. The van der Waals surface area contributed by atoms with Gasteiger partial charge in [-0.15, -0.1) is 10.2 Å². The van der Waals surface area contributed by atoms with Crippen molar-refractivity contribution in [3.8, 4) is 0 Å². The molecule has 6 heteroatoms. The van der Waals surface area contributed by atoms with Crippen LogP contribution in [0.15, 0.2) is 4.99 Å². The molecule has 0 radical (unpaired) electrons. The van der Waals surface area contributed by atoms with Crippen molar-refractivity contribution in [1.82, 2.24) is 25.0 Å². The first-order valence-electron chi connectivity index (χ1n) is 8.26. The van der Waals surface area contributed by atoms with Gasteiger partial charge in [0.15, 0.2) is 11.8 Å². The number of likely N-dealkylation sites (tertiary alicyclic amines) is 1. The van der Waals surface area contributed by atoms with E-state index < -0.39 is 0 Å². The van der Waals surface area contributed by atoms with Gasteiger partial charge in [0.2, 0.25) is 0 Å². The summed E-state index contributed by atoms with van der Waals surface area (Å²) in [6.07, 6.45) is 3.50. The Labute approximate surface area is 133 Å². The summed E-state index contributed by atoms with van der Waals surface area (Å²) in [6, 6.07) is 0. The fourth-order valence-electron chi connectivity index (χ4n) is 3.35. The molecule has 0 atom stereocenters. The summed E-state index contributed by atoms with van der Waals surface area (Å²) in [4.78, 5) is 6.80. The maximum Gasteiger partial charge on any atom is 0.194 e. The van der Waals surface area contributed by atoms with Gasteiger partial charge in [-0.1, -0.05) is 13.8 Å². The molecule has 2 aliphatic rings. The van der Waals surface area contributed by atoms with Crippen LogP contribution in [0.5, 0.6) is 0 Å². The first-order chi connectivity index (χ1) is 10.4. The van der Waals surface area contributed by atoms with Crippen LogP contribution in [0.4, 0.5) is 0 Å². The Morgan fingerprint density at radius 2 is 2.00 bits per heavy atom. The van der Waals surface area contributed by atoms with Crippen LogP contribution in [0.3, 0.4) is 0 Å². The molecule has 1 aromatic rings. The van der Waals surface area contributed by atoms with E-state index in [1.807, 2.05) is 7.05 Å². The molecule has 6 nitrogen and oxygen atoms in total. The van der Waals surface area contributed by atoms with Crippen molar-refractivity contribution in [1.29, 1.82) is 0 Å². The zero-order chi connectivity index (χ0) is 16.0. The van der Waals surface area contributed by atoms with Crippen LogP contribution < -0.4 is 5.32 Å². The normalized spacial score (nSPS) is 23.0. The standard InChI is InChI=1S/C16H28N6/c1-15(2)11-22(16(15,3)4)14(17-5)18-10-13-20-19-12-8-6-7-9-21(12)13/h6-11H2,1-5H3,(H,17,18). The Kier molecular flexibility index (Phi) is 3.65. The molecule has 22 heavy (non-hydrogen) atoms. The van der Waals surface area contributed by atoms with Crippen LogP contribution in [-0.2, 0) is 19.5 Å². The Morgan fingerprint density at radius 3 is 2.64 bits per heavy atom. The first-order valence-corrected chi connectivity index (χ1v) is 8.26. The molecule has 0 bridgehead atoms. The van der Waals surface area contributed by atoms with Gasteiger partial charge in [0.05, 0.1) is 6.54 Å². The largest absolute Gasteiger partial charge is 0.349 e. The van der Waals surface area contributed by atoms with Crippen molar-refractivity contribution in [2.45, 2.75) is 65.6 Å². The fraction of sp³-hybridized carbons (Fsp3) is 0.812. The molecule has 122 valence electrons. The van der Waals surface area contributed by atoms with Crippen LogP contribution in [0.25, 0.3) is 0 Å². The van der Waals surface area contributed by atoms with Crippen molar-refractivity contribution < 1.29 is 0 Å². The summed E-state index contributed by atoms with van der Waals surface area (Å²) >= 11 is 0. The number of nitrogens with zero attached hydrogens (tertiary/aromatic N) is 5. The van der Waals surface area contributed by atoms with Gasteiger partial charge >= 0.3 is 0 Å². The second-order valence-electron chi connectivity index (χ2n) is 7.57. The second kappa shape index (κ2) is 5.25. The van der Waals surface area contributed by atoms with E-state index in [9.17, 15) is 0 Å². The summed E-state index contributed by atoms with van der Waals surface area (Å²) in [7, 11) is 1.85. The topological polar surface area (TPSA) is 58.3 Å². The van der Waals surface area contributed by atoms with E-state index in [-0.39, 0.29) is 5.54 Å². The van der Waals surface area contributed by atoms with Crippen LogP contribution in [-0.4, -0.2) is 44.8 Å². The highest BCUT2D eigenvalue weighted by Gasteiger charge is 2.53. The van der Waals surface area contributed by atoms with Gasteiger partial charge in [-0.3, -0.25) is 4.99 Å². The molecule has 2 aliphatic heterocycles. The third-order valence-electron chi connectivity index (χ3n) is 5.69. The number of hydrogen-bond acceptors (Lipinski definition) is 3. The molecule has 0 amide bonds. The lowest BCUT2D eigenvalue weighted by atomic mass is 9.65. The summed E-state index contributed by atoms with van der Waals surface area (Å²) in [5.74, 6) is 3.11. The zero-order valence-corrected chi connectivity index (χ0v) is 14.5. The van der Waals surface area contributed by atoms with Crippen molar-refractivity contribution >= 4 is 5.96 Å². The van der Waals surface area contributed by atoms with Crippen molar-refractivity contribution in [2.75, 3.05) is 13.6 Å². The number of rotatable bonds is 2. The lowest BCUT2D eigenvalue weighted by Crippen LogP contribution is -2.72. The summed E-state index contributed by atoms with van der Waals surface area (Å²) in [6.45, 7) is 11.9. The predicted molar refractivity (Wildman–Crippen MR) is 87.7 cm³/mol. The lowest BCUT2D eigenvalue weighted by molar-refractivity contribution is -0.0668. The maximum atomic E-state index is 4.46. The number of hydrogen-bond donors (Lipinski definition) is 1. The molecule has 0 spiro atoms. The monoisotopic (exact) mass is 304 g/mol. The summed E-state index contributed by atoms with van der Waals surface area (Å²) in [5, 5.41) is 12.1. The lowest BCUT2D eigenvalue weighted by Gasteiger charge is -2.62. The van der Waals surface area contributed by atoms with Crippen molar-refractivity contribution in [2.24, 2.45) is 10.4 Å². The molecular formula is C16H28N6. The second-order valence-corrected chi connectivity index (χ2v) is 7.57. The first kappa shape index (κ1) is 15.3. The molecule has 1 fully saturated rings. The minimum atomic E-state index is 0.110. The van der Waals surface area contributed by atoms with E-state index in [4.69, 9.17) is 0 Å². The Balaban J connectivity index is 1.67. The fourth-order valence-corrected chi connectivity index (χ4v) is 3.35. The minimum absolute atomic E-state index is 0.110. The maximum absolute atomic E-state index is 4.46. The highest BCUT2D eigenvalue weighted by atomic mass is 15.4. The molecule has 0 aliphatic carbocycles. The van der Waals surface area contributed by atoms with Gasteiger partial charge in [0, 0.05) is 37.5 Å². The van der Waals surface area contributed by atoms with E-state index in [1.165, 1.54) is 12.8 Å². The van der Waals surface area contributed by atoms with Crippen LogP contribution in [0.2, 0.25) is 0 Å². The number of fused-ring (bicyclic) bond motifs is 1. The number of aryl methyl sites for hydroxylation is 1. The predicted octanol–water partition coefficient (Wildman–Crippen LogP) is 1.81. The van der Waals surface area contributed by atoms with Crippen LogP contribution in [0.1, 0.15) is 52.2 Å². The number of aliphatic imine (C=N–C) groups is 1. The molecule has 0 saturated carbocycles. The minimum Gasteiger partial charge on any atom is -0.349 e. The van der Waals surface area contributed by atoms with E-state index in [0.717, 1.165) is 37.1 Å². The Hall–Kier alpha value is -1.59. The van der Waals surface area contributed by atoms with Crippen LogP contribution in [0, 0.1) is 5.41 Å². The van der Waals surface area contributed by atoms with E-state index >= 15 is 0 Å². The molecule has 0 unspecified atom stereocenters. The molecule has 3 rings (SSSR count). The highest BCUT2D eigenvalue weighted by Crippen LogP contribution is 2.46. The van der Waals surface area contributed by atoms with E-state index in [2.05, 4.69) is 57.7 Å². The zero-order valence-electron chi connectivity index (χ0n) is 14.5. The number of guanidine groups is 1. The highest BCUT2D eigenvalue weighted by molar-refractivity contribution is 5.81. The SMILES string of the molecule is CN=C(NCc1nnc2n1CCCC2)N1CC(C)(C)C1(C)C. The average Bonchev–Trinajstić information content (AvgIpc) is 2.90. The Morgan fingerprint density at radius 1 is 1.23 bits per heavy atom. The third-order valence-corrected chi connectivity index (χ3v) is 5.69. The Bertz CT molecular complexity index is 583. The van der Waals surface area contributed by atoms with E-state index in [1.54, 1.807) is 0 Å². The van der Waals surface area contributed by atoms with Gasteiger partial charge < -0.3 is 14.8 Å². The molecule has 0 aromatic carbocycles. The van der Waals surface area contributed by atoms with Crippen LogP contribution >= 0.6 is 0 Å². The van der Waals surface area contributed by atoms with Gasteiger partial charge in [-0.2, -0.15) is 0 Å². The number of aromatic nitrogens is 3. The molecular weight excluding hydrogens is 276 g/mol. The smallest absolute Gasteiger partial charge is 0.194 e. The summed E-state index contributed by atoms with van der Waals surface area (Å²) in [5.41, 5.74) is 0.414. The summed E-state index contributed by atoms with van der Waals surface area (Å²) < 4.78 is 2.26. The van der Waals surface area contributed by atoms with E-state index in [0.29, 0.717) is 12.0 Å². The van der Waals surface area contributed by atoms with Crippen molar-refractivity contribution in [3.05, 3.63) is 11.6 Å². The van der Waals surface area contributed by atoms with Gasteiger partial charge in [0.25, 0.3) is 0 Å².